The fourth-order valence-corrected chi connectivity index (χ4v) is 1.33. The molecule has 0 aromatic heterocycles. The highest BCUT2D eigenvalue weighted by molar-refractivity contribution is 5.74. The summed E-state index contributed by atoms with van der Waals surface area (Å²) in [7, 11) is 1.34. The number of alkyl halides is 3. The average molecular weight is 240 g/mol. The number of nitrogens with one attached hydrogen (secondary N) is 1. The summed E-state index contributed by atoms with van der Waals surface area (Å²) in [6.45, 7) is 0.680. The molecule has 1 fully saturated rings. The van der Waals surface area contributed by atoms with Crippen LogP contribution in [0.1, 0.15) is 12.8 Å². The molecule has 1 atom stereocenters. The third kappa shape index (κ3) is 4.69. The Kier molecular flexibility index (Phi) is 4.40. The van der Waals surface area contributed by atoms with E-state index in [0.29, 0.717) is 19.6 Å². The van der Waals surface area contributed by atoms with Crippen LogP contribution >= 0.6 is 0 Å². The van der Waals surface area contributed by atoms with E-state index in [1.807, 2.05) is 0 Å². The highest BCUT2D eigenvalue weighted by atomic mass is 19.4. The zero-order valence-corrected chi connectivity index (χ0v) is 9.01. The molecule has 0 bridgehead atoms. The maximum absolute atomic E-state index is 11.9. The summed E-state index contributed by atoms with van der Waals surface area (Å²) in [4.78, 5) is 12.4. The maximum Gasteiger partial charge on any atom is 0.390 e. The van der Waals surface area contributed by atoms with Gasteiger partial charge in [-0.2, -0.15) is 13.2 Å². The van der Waals surface area contributed by atoms with E-state index in [1.165, 1.54) is 7.05 Å². The predicted octanol–water partition coefficient (Wildman–Crippen LogP) is 1.37. The predicted molar refractivity (Wildman–Crippen MR) is 51.1 cm³/mol. The molecule has 0 aromatic carbocycles. The molecule has 7 heteroatoms. The molecule has 0 saturated carbocycles. The fourth-order valence-electron chi connectivity index (χ4n) is 1.33. The number of ether oxygens (including phenoxy) is 1. The molecule has 1 aliphatic heterocycles. The minimum absolute atomic E-state index is 0.0826. The molecule has 1 rings (SSSR count). The Labute approximate surface area is 91.7 Å². The normalized spacial score (nSPS) is 20.9. The van der Waals surface area contributed by atoms with Gasteiger partial charge in [0.2, 0.25) is 0 Å². The molecule has 4 nitrogen and oxygen atoms in total. The number of hydrogen-bond acceptors (Lipinski definition) is 2. The fraction of sp³-hybridized carbons (Fsp3) is 0.889. The number of nitrogens with zero attached hydrogens (tertiary/aromatic N) is 1. The zero-order chi connectivity index (χ0) is 12.2. The highest BCUT2D eigenvalue weighted by Gasteiger charge is 2.28. The van der Waals surface area contributed by atoms with Crippen LogP contribution in [-0.2, 0) is 4.74 Å². The summed E-state index contributed by atoms with van der Waals surface area (Å²) in [6, 6.07) is -0.569. The lowest BCUT2D eigenvalue weighted by atomic mass is 10.3. The molecule has 0 aromatic rings. The minimum Gasteiger partial charge on any atom is -0.379 e. The van der Waals surface area contributed by atoms with Crippen LogP contribution in [0.15, 0.2) is 0 Å². The molecule has 0 spiro atoms. The molecular formula is C9H15F3N2O2. The summed E-state index contributed by atoms with van der Waals surface area (Å²) in [5.41, 5.74) is 0. The Hall–Kier alpha value is -0.980. The van der Waals surface area contributed by atoms with Crippen molar-refractivity contribution in [1.82, 2.24) is 10.2 Å². The quantitative estimate of drug-likeness (QED) is 0.809. The van der Waals surface area contributed by atoms with E-state index >= 15 is 0 Å². The van der Waals surface area contributed by atoms with E-state index in [4.69, 9.17) is 4.74 Å². The van der Waals surface area contributed by atoms with Crippen LogP contribution in [0.3, 0.4) is 0 Å². The lowest BCUT2D eigenvalue weighted by Crippen LogP contribution is -2.44. The van der Waals surface area contributed by atoms with E-state index in [-0.39, 0.29) is 12.6 Å². The first-order chi connectivity index (χ1) is 7.38. The first-order valence-corrected chi connectivity index (χ1v) is 5.04. The smallest absolute Gasteiger partial charge is 0.379 e. The van der Waals surface area contributed by atoms with Crippen LogP contribution in [0.5, 0.6) is 0 Å². The highest BCUT2D eigenvalue weighted by Crippen LogP contribution is 2.19. The summed E-state index contributed by atoms with van der Waals surface area (Å²) in [6.07, 6.45) is -4.51. The minimum atomic E-state index is -4.23. The standard InChI is InChI=1S/C9H15F3N2O2/c1-14(4-3-9(10,11)12)8(15)13-7-2-5-16-6-7/h7H,2-6H2,1H3,(H,13,15). The first kappa shape index (κ1) is 13.1. The Morgan fingerprint density at radius 1 is 1.56 bits per heavy atom. The number of carbonyl (C=O) groups is 1. The third-order valence-electron chi connectivity index (χ3n) is 2.33. The van der Waals surface area contributed by atoms with E-state index in [0.717, 1.165) is 4.90 Å². The Balaban J connectivity index is 2.24. The van der Waals surface area contributed by atoms with Crippen molar-refractivity contribution < 1.29 is 22.7 Å². The number of halogens is 3. The Morgan fingerprint density at radius 2 is 2.25 bits per heavy atom. The lowest BCUT2D eigenvalue weighted by Gasteiger charge is -2.20. The molecule has 2 amide bonds. The van der Waals surface area contributed by atoms with Crippen LogP contribution in [0.4, 0.5) is 18.0 Å². The molecule has 1 aliphatic rings. The van der Waals surface area contributed by atoms with Crippen LogP contribution in [-0.4, -0.2) is 50.0 Å². The molecule has 1 heterocycles. The molecule has 0 radical (unpaired) electrons. The molecule has 0 aliphatic carbocycles. The van der Waals surface area contributed by atoms with Crippen molar-refractivity contribution in [2.75, 3.05) is 26.8 Å². The van der Waals surface area contributed by atoms with Crippen molar-refractivity contribution in [3.8, 4) is 0 Å². The van der Waals surface area contributed by atoms with Crippen molar-refractivity contribution in [2.24, 2.45) is 0 Å². The van der Waals surface area contributed by atoms with E-state index in [1.54, 1.807) is 0 Å². The van der Waals surface area contributed by atoms with Crippen molar-refractivity contribution in [1.29, 1.82) is 0 Å². The SMILES string of the molecule is CN(CCC(F)(F)F)C(=O)NC1CCOC1. The van der Waals surface area contributed by atoms with Gasteiger partial charge in [-0.05, 0) is 6.42 Å². The molecular weight excluding hydrogens is 225 g/mol. The monoisotopic (exact) mass is 240 g/mol. The maximum atomic E-state index is 11.9. The second-order valence-electron chi connectivity index (χ2n) is 3.80. The number of carbonyl (C=O) groups excluding carboxylic acids is 1. The van der Waals surface area contributed by atoms with Crippen molar-refractivity contribution in [3.63, 3.8) is 0 Å². The largest absolute Gasteiger partial charge is 0.390 e. The van der Waals surface area contributed by atoms with Crippen molar-refractivity contribution in [3.05, 3.63) is 0 Å². The van der Waals surface area contributed by atoms with Gasteiger partial charge in [-0.15, -0.1) is 0 Å². The molecule has 1 N–H and O–H groups in total. The van der Waals surface area contributed by atoms with Gasteiger partial charge >= 0.3 is 12.2 Å². The van der Waals surface area contributed by atoms with Gasteiger partial charge in [0.25, 0.3) is 0 Å². The van der Waals surface area contributed by atoms with Gasteiger partial charge in [-0.3, -0.25) is 0 Å². The van der Waals surface area contributed by atoms with Gasteiger partial charge in [-0.1, -0.05) is 0 Å². The lowest BCUT2D eigenvalue weighted by molar-refractivity contribution is -0.136. The van der Waals surface area contributed by atoms with Gasteiger partial charge in [0, 0.05) is 20.2 Å². The number of urea groups is 1. The van der Waals surface area contributed by atoms with Gasteiger partial charge in [0.1, 0.15) is 0 Å². The van der Waals surface area contributed by atoms with Crippen LogP contribution in [0, 0.1) is 0 Å². The number of hydrogen-bond donors (Lipinski definition) is 1. The summed E-state index contributed by atoms with van der Waals surface area (Å²) < 4.78 is 40.8. The molecule has 16 heavy (non-hydrogen) atoms. The average Bonchev–Trinajstić information content (AvgIpc) is 2.65. The third-order valence-corrected chi connectivity index (χ3v) is 2.33. The van der Waals surface area contributed by atoms with E-state index in [9.17, 15) is 18.0 Å². The van der Waals surface area contributed by atoms with Crippen molar-refractivity contribution >= 4 is 6.03 Å². The summed E-state index contributed by atoms with van der Waals surface area (Å²) in [5, 5.41) is 2.61. The summed E-state index contributed by atoms with van der Waals surface area (Å²) in [5.74, 6) is 0. The Bertz CT molecular complexity index is 239. The number of rotatable bonds is 3. The Morgan fingerprint density at radius 3 is 2.75 bits per heavy atom. The first-order valence-electron chi connectivity index (χ1n) is 5.04. The van der Waals surface area contributed by atoms with Gasteiger partial charge in [-0.25, -0.2) is 4.79 Å². The second kappa shape index (κ2) is 5.38. The second-order valence-corrected chi connectivity index (χ2v) is 3.80. The number of amides is 2. The topological polar surface area (TPSA) is 41.6 Å². The zero-order valence-electron chi connectivity index (χ0n) is 9.01. The van der Waals surface area contributed by atoms with Crippen LogP contribution < -0.4 is 5.32 Å². The van der Waals surface area contributed by atoms with Gasteiger partial charge in [0.05, 0.1) is 19.1 Å². The molecule has 1 saturated heterocycles. The van der Waals surface area contributed by atoms with Gasteiger partial charge in [0.15, 0.2) is 0 Å². The molecule has 94 valence electrons. The molecule has 1 unspecified atom stereocenters. The van der Waals surface area contributed by atoms with E-state index in [2.05, 4.69) is 5.32 Å². The van der Waals surface area contributed by atoms with E-state index < -0.39 is 18.6 Å². The summed E-state index contributed by atoms with van der Waals surface area (Å²) >= 11 is 0. The van der Waals surface area contributed by atoms with Gasteiger partial charge < -0.3 is 15.0 Å². The van der Waals surface area contributed by atoms with Crippen LogP contribution in [0.25, 0.3) is 0 Å². The van der Waals surface area contributed by atoms with Crippen molar-refractivity contribution in [2.45, 2.75) is 25.1 Å². The van der Waals surface area contributed by atoms with Crippen LogP contribution in [0.2, 0.25) is 0 Å².